The monoisotopic (exact) mass is 170 g/mol. The molecule has 0 spiro atoms. The van der Waals surface area contributed by atoms with E-state index in [1.165, 1.54) is 0 Å². The minimum absolute atomic E-state index is 0.540. The molecule has 0 bridgehead atoms. The highest BCUT2D eigenvalue weighted by atomic mass is 31.2. The fourth-order valence-electron chi connectivity index (χ4n) is 0.129. The third kappa shape index (κ3) is 4.45. The van der Waals surface area contributed by atoms with Gasteiger partial charge in [-0.05, 0) is 4.57 Å². The Morgan fingerprint density at radius 2 is 2.33 bits per heavy atom. The van der Waals surface area contributed by atoms with Crippen LogP contribution in [0.4, 0.5) is 0 Å². The summed E-state index contributed by atoms with van der Waals surface area (Å²) in [6.07, 6.45) is 0. The molecule has 0 aromatic carbocycles. The van der Waals surface area contributed by atoms with Crippen LogP contribution in [0.15, 0.2) is 12.4 Å². The zero-order valence-corrected chi connectivity index (χ0v) is 6.05. The molecule has 0 aromatic heterocycles. The van der Waals surface area contributed by atoms with Gasteiger partial charge in [-0.25, -0.2) is 0 Å². The molecule has 9 heavy (non-hydrogen) atoms. The molecule has 0 saturated carbocycles. The van der Waals surface area contributed by atoms with Crippen molar-refractivity contribution in [3.63, 3.8) is 0 Å². The number of hydrogen-bond donors (Lipinski definition) is 1. The first-order valence-corrected chi connectivity index (χ1v) is 4.52. The average Bonchev–Trinajstić information content (AvgIpc) is 1.63. The third-order valence-corrected chi connectivity index (χ3v) is 2.35. The van der Waals surface area contributed by atoms with Gasteiger partial charge in [0.2, 0.25) is 0 Å². The molecule has 0 aliphatic rings. The van der Waals surface area contributed by atoms with Crippen molar-refractivity contribution in [3.8, 4) is 0 Å². The molecular formula is C2H4O5P2. The molecule has 0 rings (SSSR count). The largest absolute Gasteiger partial charge is 0.566 e. The summed E-state index contributed by atoms with van der Waals surface area (Å²) >= 11 is 0. The van der Waals surface area contributed by atoms with Crippen molar-refractivity contribution >= 4 is 15.9 Å². The molecule has 0 radical (unpaired) electrons. The van der Waals surface area contributed by atoms with Crippen molar-refractivity contribution in [2.45, 2.75) is 0 Å². The summed E-state index contributed by atoms with van der Waals surface area (Å²) in [5, 5.41) is 0. The fraction of sp³-hybridized carbons (Fsp3) is 0. The lowest BCUT2D eigenvalue weighted by Crippen LogP contribution is -1.87. The van der Waals surface area contributed by atoms with Gasteiger partial charge in [0.15, 0.2) is 0 Å². The van der Waals surface area contributed by atoms with E-state index in [4.69, 9.17) is 4.89 Å². The van der Waals surface area contributed by atoms with E-state index in [-0.39, 0.29) is 0 Å². The quantitative estimate of drug-likeness (QED) is 0.617. The van der Waals surface area contributed by atoms with E-state index in [0.717, 1.165) is 0 Å². The van der Waals surface area contributed by atoms with Gasteiger partial charge in [-0.2, -0.15) is 0 Å². The van der Waals surface area contributed by atoms with E-state index in [9.17, 15) is 14.0 Å². The molecule has 7 heteroatoms. The first-order chi connectivity index (χ1) is 3.98. The lowest BCUT2D eigenvalue weighted by Gasteiger charge is -1.94. The Morgan fingerprint density at radius 3 is 2.44 bits per heavy atom. The maximum absolute atomic E-state index is 10.2. The van der Waals surface area contributed by atoms with E-state index in [0.29, 0.717) is 5.82 Å². The lowest BCUT2D eigenvalue weighted by molar-refractivity contribution is -0.178. The molecule has 0 aromatic rings. The summed E-state index contributed by atoms with van der Waals surface area (Å²) in [6, 6.07) is 0. The molecule has 0 fully saturated rings. The Bertz CT molecular complexity index is 174. The average molecular weight is 170 g/mol. The fourth-order valence-corrected chi connectivity index (χ4v) is 1.16. The van der Waals surface area contributed by atoms with Crippen LogP contribution >= 0.6 is 15.9 Å². The Hall–Kier alpha value is -0.0500. The van der Waals surface area contributed by atoms with Gasteiger partial charge in [0.05, 0.1) is 0 Å². The van der Waals surface area contributed by atoms with Crippen LogP contribution in [0.1, 0.15) is 0 Å². The van der Waals surface area contributed by atoms with Crippen molar-refractivity contribution in [1.82, 2.24) is 0 Å². The summed E-state index contributed by atoms with van der Waals surface area (Å²) in [5.41, 5.74) is 0. The van der Waals surface area contributed by atoms with Crippen LogP contribution in [-0.4, -0.2) is 4.89 Å². The van der Waals surface area contributed by atoms with Gasteiger partial charge in [-0.1, -0.05) is 10.9 Å². The van der Waals surface area contributed by atoms with E-state index >= 15 is 0 Å². The molecule has 5 nitrogen and oxygen atoms in total. The third-order valence-electron chi connectivity index (χ3n) is 0.414. The zero-order chi connectivity index (χ0) is 7.49. The van der Waals surface area contributed by atoms with Crippen molar-refractivity contribution in [3.05, 3.63) is 12.4 Å². The van der Waals surface area contributed by atoms with Crippen LogP contribution in [-0.2, 0) is 13.4 Å². The predicted octanol–water partition coefficient (Wildman–Crippen LogP) is 0.350. The van der Waals surface area contributed by atoms with Gasteiger partial charge >= 0.3 is 15.9 Å². The van der Waals surface area contributed by atoms with Crippen LogP contribution < -0.4 is 4.89 Å². The van der Waals surface area contributed by atoms with Gasteiger partial charge in [-0.15, -0.1) is 0 Å². The summed E-state index contributed by atoms with van der Waals surface area (Å²) in [4.78, 5) is 17.9. The molecule has 52 valence electrons. The molecule has 2 atom stereocenters. The second kappa shape index (κ2) is 3.20. The van der Waals surface area contributed by atoms with Gasteiger partial charge in [0, 0.05) is 5.82 Å². The van der Waals surface area contributed by atoms with Gasteiger partial charge in [0.25, 0.3) is 0 Å². The second-order valence-corrected chi connectivity index (χ2v) is 3.65. The normalized spacial score (nSPS) is 18.2. The highest BCUT2D eigenvalue weighted by Gasteiger charge is 2.22. The van der Waals surface area contributed by atoms with Gasteiger partial charge in [0.1, 0.15) is 0 Å². The Kier molecular flexibility index (Phi) is 3.18. The molecule has 0 aliphatic heterocycles. The molecule has 1 N–H and O–H groups in total. The van der Waals surface area contributed by atoms with Crippen molar-refractivity contribution in [1.29, 1.82) is 0 Å². The molecule has 0 amide bonds. The van der Waals surface area contributed by atoms with Crippen LogP contribution in [0.2, 0.25) is 0 Å². The molecular weight excluding hydrogens is 166 g/mol. The molecule has 0 aliphatic carbocycles. The van der Waals surface area contributed by atoms with Crippen LogP contribution in [0, 0.1) is 0 Å². The van der Waals surface area contributed by atoms with Crippen molar-refractivity contribution in [2.24, 2.45) is 0 Å². The SMILES string of the molecule is C=CP(=O)(O)O[P+](=O)[O-]. The summed E-state index contributed by atoms with van der Waals surface area (Å²) in [5.74, 6) is 0.540. The summed E-state index contributed by atoms with van der Waals surface area (Å²) in [7, 11) is -7.34. The highest BCUT2D eigenvalue weighted by Crippen LogP contribution is 2.48. The molecule has 0 heterocycles. The topological polar surface area (TPSA) is 86.7 Å². The van der Waals surface area contributed by atoms with Crippen LogP contribution in [0.25, 0.3) is 0 Å². The first-order valence-electron chi connectivity index (χ1n) is 1.78. The van der Waals surface area contributed by atoms with E-state index in [1.54, 1.807) is 0 Å². The zero-order valence-electron chi connectivity index (χ0n) is 4.26. The van der Waals surface area contributed by atoms with Gasteiger partial charge < -0.3 is 9.79 Å². The Balaban J connectivity index is 4.03. The van der Waals surface area contributed by atoms with Gasteiger partial charge in [-0.3, -0.25) is 4.57 Å². The van der Waals surface area contributed by atoms with Crippen LogP contribution in [0.5, 0.6) is 0 Å². The van der Waals surface area contributed by atoms with E-state index in [1.807, 2.05) is 0 Å². The first kappa shape index (κ1) is 8.95. The highest BCUT2D eigenvalue weighted by molar-refractivity contribution is 7.62. The number of hydrogen-bond acceptors (Lipinski definition) is 4. The van der Waals surface area contributed by atoms with Crippen molar-refractivity contribution in [2.75, 3.05) is 0 Å². The standard InChI is InChI=1S/C2H4O5P2/c1-2-9(5,6)7-8(3)4/h2H,1H2,(H,5,6). The minimum Gasteiger partial charge on any atom is -0.566 e. The summed E-state index contributed by atoms with van der Waals surface area (Å²) < 4.78 is 23.4. The lowest BCUT2D eigenvalue weighted by atomic mass is 11.3. The second-order valence-electron chi connectivity index (χ2n) is 1.05. The summed E-state index contributed by atoms with van der Waals surface area (Å²) in [6.45, 7) is 2.88. The van der Waals surface area contributed by atoms with E-state index < -0.39 is 15.9 Å². The molecule has 2 unspecified atom stereocenters. The maximum atomic E-state index is 10.2. The minimum atomic E-state index is -4.06. The smallest absolute Gasteiger partial charge is 0.497 e. The molecule has 0 saturated heterocycles. The van der Waals surface area contributed by atoms with E-state index in [2.05, 4.69) is 10.9 Å². The maximum Gasteiger partial charge on any atom is 0.497 e. The predicted molar refractivity (Wildman–Crippen MR) is 28.7 cm³/mol. The Morgan fingerprint density at radius 1 is 1.89 bits per heavy atom. The Labute approximate surface area is 52.5 Å². The van der Waals surface area contributed by atoms with Crippen LogP contribution in [0.3, 0.4) is 0 Å². The van der Waals surface area contributed by atoms with Crippen molar-refractivity contribution < 1.29 is 23.2 Å². The number of rotatable bonds is 3.